The number of hydrogen-bond donors (Lipinski definition) is 2. The van der Waals surface area contributed by atoms with Gasteiger partial charge in [0.2, 0.25) is 10.0 Å². The molecule has 0 atom stereocenters. The smallest absolute Gasteiger partial charge is 0.357 e. The number of sulfonamides is 1. The molecule has 2 N–H and O–H groups in total. The minimum atomic E-state index is -3.96. The summed E-state index contributed by atoms with van der Waals surface area (Å²) in [5.74, 6) is -1.40. The quantitative estimate of drug-likeness (QED) is 0.844. The van der Waals surface area contributed by atoms with Gasteiger partial charge in [-0.2, -0.15) is 9.40 Å². The van der Waals surface area contributed by atoms with E-state index in [4.69, 9.17) is 9.52 Å². The molecule has 2 aromatic rings. The molecule has 20 heavy (non-hydrogen) atoms. The number of aromatic nitrogens is 2. The molecule has 0 unspecified atom stereocenters. The van der Waals surface area contributed by atoms with Crippen molar-refractivity contribution in [2.45, 2.75) is 18.4 Å². The van der Waals surface area contributed by atoms with Crippen molar-refractivity contribution in [1.29, 1.82) is 0 Å². The minimum Gasteiger partial charge on any atom is -0.476 e. The number of carbonyl (C=O) groups is 1. The van der Waals surface area contributed by atoms with Gasteiger partial charge in [0.1, 0.15) is 4.90 Å². The van der Waals surface area contributed by atoms with Gasteiger partial charge in [0.15, 0.2) is 5.69 Å². The van der Waals surface area contributed by atoms with Gasteiger partial charge in [-0.15, -0.1) is 0 Å². The maximum Gasteiger partial charge on any atom is 0.357 e. The minimum absolute atomic E-state index is 0.0719. The van der Waals surface area contributed by atoms with Crippen LogP contribution < -0.4 is 0 Å². The van der Waals surface area contributed by atoms with Crippen LogP contribution in [0.25, 0.3) is 0 Å². The summed E-state index contributed by atoms with van der Waals surface area (Å²) in [7, 11) is -2.60. The summed E-state index contributed by atoms with van der Waals surface area (Å²) < 4.78 is 30.8. The monoisotopic (exact) mass is 299 g/mol. The van der Waals surface area contributed by atoms with Gasteiger partial charge >= 0.3 is 5.97 Å². The molecule has 0 radical (unpaired) electrons. The van der Waals surface area contributed by atoms with Crippen LogP contribution in [-0.4, -0.2) is 41.0 Å². The molecule has 108 valence electrons. The number of aromatic amines is 1. The lowest BCUT2D eigenvalue weighted by atomic mass is 10.3. The van der Waals surface area contributed by atoms with E-state index in [-0.39, 0.29) is 17.1 Å². The number of aromatic carboxylic acids is 1. The molecule has 0 saturated carbocycles. The highest BCUT2D eigenvalue weighted by molar-refractivity contribution is 7.89. The highest BCUT2D eigenvalue weighted by atomic mass is 32.2. The SMILES string of the molecule is Cc1[nH]nc(C(=O)O)c1S(=O)(=O)N(C)Cc1ccoc1. The molecule has 0 aliphatic carbocycles. The van der Waals surface area contributed by atoms with Crippen LogP contribution in [0.1, 0.15) is 21.7 Å². The number of aryl methyl sites for hydroxylation is 1. The molecule has 0 aliphatic rings. The average Bonchev–Trinajstić information content (AvgIpc) is 2.98. The standard InChI is InChI=1S/C11H13N3O5S/c1-7-10(9(11(15)16)13-12-7)20(17,18)14(2)5-8-3-4-19-6-8/h3-4,6H,5H2,1-2H3,(H,12,13)(H,15,16). The molecule has 2 heterocycles. The van der Waals surface area contributed by atoms with Crippen LogP contribution in [0.2, 0.25) is 0 Å². The van der Waals surface area contributed by atoms with Crippen LogP contribution in [-0.2, 0) is 16.6 Å². The van der Waals surface area contributed by atoms with Gasteiger partial charge in [-0.25, -0.2) is 13.2 Å². The first-order valence-corrected chi connectivity index (χ1v) is 7.03. The Balaban J connectivity index is 2.40. The highest BCUT2D eigenvalue weighted by Crippen LogP contribution is 2.22. The number of furan rings is 1. The Bertz CT molecular complexity index is 717. The van der Waals surface area contributed by atoms with E-state index in [1.54, 1.807) is 6.07 Å². The molecule has 0 aromatic carbocycles. The number of H-pyrrole nitrogens is 1. The lowest BCUT2D eigenvalue weighted by Gasteiger charge is -2.16. The third-order valence-corrected chi connectivity index (χ3v) is 4.71. The summed E-state index contributed by atoms with van der Waals surface area (Å²) in [5.41, 5.74) is 0.331. The zero-order valence-electron chi connectivity index (χ0n) is 10.8. The molecule has 2 aromatic heterocycles. The summed E-state index contributed by atoms with van der Waals surface area (Å²) in [6.07, 6.45) is 2.86. The number of nitrogens with one attached hydrogen (secondary N) is 1. The van der Waals surface area contributed by atoms with Crippen molar-refractivity contribution in [3.8, 4) is 0 Å². The van der Waals surface area contributed by atoms with E-state index in [1.807, 2.05) is 0 Å². The summed E-state index contributed by atoms with van der Waals surface area (Å²) in [6, 6.07) is 1.63. The van der Waals surface area contributed by atoms with Gasteiger partial charge in [0.25, 0.3) is 0 Å². The van der Waals surface area contributed by atoms with Gasteiger partial charge in [0, 0.05) is 19.2 Å². The van der Waals surface area contributed by atoms with Crippen LogP contribution >= 0.6 is 0 Å². The number of carboxylic acid groups (broad SMARTS) is 1. The van der Waals surface area contributed by atoms with E-state index in [0.717, 1.165) is 4.31 Å². The van der Waals surface area contributed by atoms with Gasteiger partial charge in [-0.05, 0) is 13.0 Å². The third-order valence-electron chi connectivity index (χ3n) is 2.75. The molecule has 8 nitrogen and oxygen atoms in total. The second-order valence-corrected chi connectivity index (χ2v) is 6.21. The molecule has 0 aliphatic heterocycles. The Morgan fingerprint density at radius 2 is 2.25 bits per heavy atom. The van der Waals surface area contributed by atoms with E-state index >= 15 is 0 Å². The zero-order chi connectivity index (χ0) is 14.9. The Labute approximate surface area is 115 Å². The first kappa shape index (κ1) is 14.3. The average molecular weight is 299 g/mol. The molecular formula is C11H13N3O5S. The van der Waals surface area contributed by atoms with Gasteiger partial charge < -0.3 is 9.52 Å². The molecule has 9 heteroatoms. The summed E-state index contributed by atoms with van der Waals surface area (Å²) in [5, 5.41) is 14.9. The molecule has 0 spiro atoms. The number of carboxylic acids is 1. The Morgan fingerprint density at radius 3 is 2.80 bits per heavy atom. The fourth-order valence-corrected chi connectivity index (χ4v) is 3.20. The number of nitrogens with zero attached hydrogens (tertiary/aromatic N) is 2. The highest BCUT2D eigenvalue weighted by Gasteiger charge is 2.31. The van der Waals surface area contributed by atoms with Crippen molar-refractivity contribution >= 4 is 16.0 Å². The number of hydrogen-bond acceptors (Lipinski definition) is 5. The van der Waals surface area contributed by atoms with Crippen LogP contribution in [0.15, 0.2) is 27.9 Å². The second kappa shape index (κ2) is 5.10. The fraction of sp³-hybridized carbons (Fsp3) is 0.273. The van der Waals surface area contributed by atoms with Crippen molar-refractivity contribution in [2.24, 2.45) is 0 Å². The van der Waals surface area contributed by atoms with Gasteiger partial charge in [0.05, 0.1) is 18.2 Å². The molecule has 0 saturated heterocycles. The maximum absolute atomic E-state index is 12.4. The Kier molecular flexibility index (Phi) is 3.64. The summed E-state index contributed by atoms with van der Waals surface area (Å²) in [4.78, 5) is 10.7. The molecule has 0 fully saturated rings. The molecule has 0 bridgehead atoms. The van der Waals surface area contributed by atoms with Crippen molar-refractivity contribution in [2.75, 3.05) is 7.05 Å². The topological polar surface area (TPSA) is 116 Å². The summed E-state index contributed by atoms with van der Waals surface area (Å²) in [6.45, 7) is 1.53. The van der Waals surface area contributed by atoms with Crippen molar-refractivity contribution in [3.63, 3.8) is 0 Å². The maximum atomic E-state index is 12.4. The Hall–Kier alpha value is -2.13. The Morgan fingerprint density at radius 1 is 1.55 bits per heavy atom. The second-order valence-electron chi connectivity index (χ2n) is 4.22. The van der Waals surface area contributed by atoms with E-state index in [2.05, 4.69) is 10.2 Å². The van der Waals surface area contributed by atoms with Gasteiger partial charge in [-0.3, -0.25) is 5.10 Å². The van der Waals surface area contributed by atoms with E-state index in [1.165, 1.54) is 26.5 Å². The predicted octanol–water partition coefficient (Wildman–Crippen LogP) is 0.830. The molecular weight excluding hydrogens is 286 g/mol. The van der Waals surface area contributed by atoms with E-state index < -0.39 is 21.7 Å². The van der Waals surface area contributed by atoms with Crippen LogP contribution in [0, 0.1) is 6.92 Å². The van der Waals surface area contributed by atoms with Crippen molar-refractivity contribution in [1.82, 2.24) is 14.5 Å². The summed E-state index contributed by atoms with van der Waals surface area (Å²) >= 11 is 0. The van der Waals surface area contributed by atoms with Crippen molar-refractivity contribution in [3.05, 3.63) is 35.5 Å². The van der Waals surface area contributed by atoms with Gasteiger partial charge in [-0.1, -0.05) is 0 Å². The van der Waals surface area contributed by atoms with Crippen molar-refractivity contribution < 1.29 is 22.7 Å². The lowest BCUT2D eigenvalue weighted by molar-refractivity contribution is 0.0686. The predicted molar refractivity (Wildman–Crippen MR) is 67.6 cm³/mol. The van der Waals surface area contributed by atoms with E-state index in [0.29, 0.717) is 5.56 Å². The normalized spacial score (nSPS) is 11.9. The largest absolute Gasteiger partial charge is 0.476 e. The zero-order valence-corrected chi connectivity index (χ0v) is 11.6. The van der Waals surface area contributed by atoms with Crippen LogP contribution in [0.3, 0.4) is 0 Å². The third kappa shape index (κ3) is 2.45. The number of rotatable bonds is 5. The van der Waals surface area contributed by atoms with Crippen LogP contribution in [0.4, 0.5) is 0 Å². The van der Waals surface area contributed by atoms with E-state index in [9.17, 15) is 13.2 Å². The van der Waals surface area contributed by atoms with Crippen LogP contribution in [0.5, 0.6) is 0 Å². The lowest BCUT2D eigenvalue weighted by Crippen LogP contribution is -2.28. The first-order valence-electron chi connectivity index (χ1n) is 5.59. The molecule has 2 rings (SSSR count). The molecule has 0 amide bonds. The fourth-order valence-electron chi connectivity index (χ4n) is 1.76. The first-order chi connectivity index (χ1) is 9.34.